The molecule has 1 rings (SSSR count). The minimum absolute atomic E-state index is 0.0484. The number of alkyl halides is 1. The van der Waals surface area contributed by atoms with Crippen LogP contribution in [-0.4, -0.2) is 16.9 Å². The van der Waals surface area contributed by atoms with Gasteiger partial charge in [0.1, 0.15) is 0 Å². The first-order valence-electron chi connectivity index (χ1n) is 4.64. The summed E-state index contributed by atoms with van der Waals surface area (Å²) in [5, 5.41) is 0. The van der Waals surface area contributed by atoms with Crippen LogP contribution in [0.1, 0.15) is 18.9 Å². The van der Waals surface area contributed by atoms with Crippen LogP contribution in [0.15, 0.2) is 29.2 Å². The number of benzene rings is 1. The van der Waals surface area contributed by atoms with Crippen molar-refractivity contribution in [3.63, 3.8) is 0 Å². The van der Waals surface area contributed by atoms with Crippen LogP contribution in [0.25, 0.3) is 0 Å². The predicted octanol–water partition coefficient (Wildman–Crippen LogP) is 2.69. The smallest absolute Gasteiger partial charge is 0.282 e. The molecule has 0 aliphatic heterocycles. The molecule has 0 radical (unpaired) electrons. The molecule has 0 saturated carbocycles. The van der Waals surface area contributed by atoms with Crippen molar-refractivity contribution >= 4 is 32.7 Å². The molecular formula is C10H13IO3S. The zero-order valence-electron chi connectivity index (χ0n) is 8.35. The number of hydrogen-bond acceptors (Lipinski definition) is 2. The lowest BCUT2D eigenvalue weighted by atomic mass is 10.1. The molecule has 1 atom stereocenters. The minimum atomic E-state index is -4.06. The Kier molecular flexibility index (Phi) is 4.54. The van der Waals surface area contributed by atoms with Crippen LogP contribution in [0, 0.1) is 0 Å². The molecule has 1 N–H and O–H groups in total. The van der Waals surface area contributed by atoms with Gasteiger partial charge in [-0.3, -0.25) is 4.55 Å². The summed E-state index contributed by atoms with van der Waals surface area (Å²) in [6, 6.07) is 6.35. The summed E-state index contributed by atoms with van der Waals surface area (Å²) in [5.41, 5.74) is 1.09. The highest BCUT2D eigenvalue weighted by atomic mass is 127. The molecule has 0 aromatic heterocycles. The third-order valence-corrected chi connectivity index (χ3v) is 4.31. The molecule has 1 aromatic carbocycles. The molecule has 0 amide bonds. The maximum Gasteiger partial charge on any atom is 0.294 e. The second-order valence-corrected chi connectivity index (χ2v) is 6.51. The van der Waals surface area contributed by atoms with E-state index in [1.54, 1.807) is 12.1 Å². The summed E-state index contributed by atoms with van der Waals surface area (Å²) < 4.78 is 30.9. The molecule has 3 nitrogen and oxygen atoms in total. The first kappa shape index (κ1) is 12.9. The number of hydrogen-bond donors (Lipinski definition) is 1. The second-order valence-electron chi connectivity index (χ2n) is 3.33. The van der Waals surface area contributed by atoms with Crippen molar-refractivity contribution in [1.29, 1.82) is 0 Å². The predicted molar refractivity (Wildman–Crippen MR) is 68.1 cm³/mol. The summed E-state index contributed by atoms with van der Waals surface area (Å²) in [5.74, 6) is 0. The van der Waals surface area contributed by atoms with Crippen molar-refractivity contribution in [3.8, 4) is 0 Å². The second kappa shape index (κ2) is 5.27. The summed E-state index contributed by atoms with van der Waals surface area (Å²) in [4.78, 5) is -0.0484. The fraction of sp³-hybridized carbons (Fsp3) is 0.400. The Morgan fingerprint density at radius 3 is 2.27 bits per heavy atom. The SMILES string of the molecule is CCC(I)Cc1ccc(S(=O)(=O)O)cc1. The fourth-order valence-corrected chi connectivity index (χ4v) is 2.19. The van der Waals surface area contributed by atoms with Gasteiger partial charge >= 0.3 is 0 Å². The third kappa shape index (κ3) is 4.08. The Morgan fingerprint density at radius 1 is 1.33 bits per heavy atom. The van der Waals surface area contributed by atoms with E-state index in [4.69, 9.17) is 4.55 Å². The highest BCUT2D eigenvalue weighted by Crippen LogP contribution is 2.16. The van der Waals surface area contributed by atoms with Crippen LogP contribution in [0.3, 0.4) is 0 Å². The number of rotatable bonds is 4. The van der Waals surface area contributed by atoms with Crippen molar-refractivity contribution in [2.75, 3.05) is 0 Å². The van der Waals surface area contributed by atoms with Crippen LogP contribution in [0.2, 0.25) is 0 Å². The van der Waals surface area contributed by atoms with Gasteiger partial charge in [0.05, 0.1) is 4.90 Å². The van der Waals surface area contributed by atoms with Gasteiger partial charge in [0, 0.05) is 3.92 Å². The van der Waals surface area contributed by atoms with Gasteiger partial charge in [-0.1, -0.05) is 41.6 Å². The standard InChI is InChI=1S/C10H13IO3S/c1-2-9(11)7-8-3-5-10(6-4-8)15(12,13)14/h3-6,9H,2,7H2,1H3,(H,12,13,14). The molecule has 1 aromatic rings. The van der Waals surface area contributed by atoms with Crippen molar-refractivity contribution in [3.05, 3.63) is 29.8 Å². The molecule has 0 aliphatic carbocycles. The van der Waals surface area contributed by atoms with Gasteiger partial charge in [-0.05, 0) is 30.5 Å². The van der Waals surface area contributed by atoms with E-state index in [0.29, 0.717) is 3.92 Å². The topological polar surface area (TPSA) is 54.4 Å². The lowest BCUT2D eigenvalue weighted by Gasteiger charge is -2.06. The largest absolute Gasteiger partial charge is 0.294 e. The van der Waals surface area contributed by atoms with E-state index in [-0.39, 0.29) is 4.90 Å². The van der Waals surface area contributed by atoms with Crippen molar-refractivity contribution in [1.82, 2.24) is 0 Å². The zero-order valence-corrected chi connectivity index (χ0v) is 11.3. The average Bonchev–Trinajstić information content (AvgIpc) is 2.17. The average molecular weight is 340 g/mol. The van der Waals surface area contributed by atoms with E-state index in [9.17, 15) is 8.42 Å². The Labute approximate surface area is 104 Å². The van der Waals surface area contributed by atoms with E-state index in [1.165, 1.54) is 12.1 Å². The molecule has 0 fully saturated rings. The van der Waals surface area contributed by atoms with Gasteiger partial charge in [0.15, 0.2) is 0 Å². The van der Waals surface area contributed by atoms with E-state index < -0.39 is 10.1 Å². The molecular weight excluding hydrogens is 327 g/mol. The molecule has 84 valence electrons. The van der Waals surface area contributed by atoms with Crippen LogP contribution in [0.4, 0.5) is 0 Å². The third-order valence-electron chi connectivity index (χ3n) is 2.12. The summed E-state index contributed by atoms with van der Waals surface area (Å²) in [6.07, 6.45) is 2.00. The molecule has 1 unspecified atom stereocenters. The molecule has 5 heteroatoms. The van der Waals surface area contributed by atoms with Crippen molar-refractivity contribution in [2.24, 2.45) is 0 Å². The Balaban J connectivity index is 2.82. The minimum Gasteiger partial charge on any atom is -0.282 e. The molecule has 0 aliphatic rings. The lowest BCUT2D eigenvalue weighted by molar-refractivity contribution is 0.483. The van der Waals surface area contributed by atoms with E-state index in [1.807, 2.05) is 0 Å². The maximum atomic E-state index is 10.8. The lowest BCUT2D eigenvalue weighted by Crippen LogP contribution is -2.02. The summed E-state index contributed by atoms with van der Waals surface area (Å²) in [6.45, 7) is 2.11. The molecule has 0 heterocycles. The highest BCUT2D eigenvalue weighted by Gasteiger charge is 2.09. The first-order chi connectivity index (χ1) is 6.93. The normalized spacial score (nSPS) is 13.8. The van der Waals surface area contributed by atoms with Crippen molar-refractivity contribution in [2.45, 2.75) is 28.6 Å². The Hall–Kier alpha value is -0.140. The summed E-state index contributed by atoms with van der Waals surface area (Å²) >= 11 is 2.37. The van der Waals surface area contributed by atoms with Crippen LogP contribution < -0.4 is 0 Å². The van der Waals surface area contributed by atoms with E-state index in [2.05, 4.69) is 29.5 Å². The highest BCUT2D eigenvalue weighted by molar-refractivity contribution is 14.1. The maximum absolute atomic E-state index is 10.8. The first-order valence-corrected chi connectivity index (χ1v) is 7.32. The zero-order chi connectivity index (χ0) is 11.5. The quantitative estimate of drug-likeness (QED) is 0.521. The monoisotopic (exact) mass is 340 g/mol. The van der Waals surface area contributed by atoms with Crippen LogP contribution in [0.5, 0.6) is 0 Å². The van der Waals surface area contributed by atoms with Gasteiger partial charge in [-0.15, -0.1) is 0 Å². The number of halogens is 1. The fourth-order valence-electron chi connectivity index (χ4n) is 1.20. The Morgan fingerprint density at radius 2 is 1.87 bits per heavy atom. The van der Waals surface area contributed by atoms with E-state index >= 15 is 0 Å². The van der Waals surface area contributed by atoms with Gasteiger partial charge in [0.2, 0.25) is 0 Å². The van der Waals surface area contributed by atoms with Gasteiger partial charge < -0.3 is 0 Å². The van der Waals surface area contributed by atoms with E-state index in [0.717, 1.165) is 18.4 Å². The Bertz CT molecular complexity index is 411. The molecule has 15 heavy (non-hydrogen) atoms. The van der Waals surface area contributed by atoms with Gasteiger partial charge in [0.25, 0.3) is 10.1 Å². The van der Waals surface area contributed by atoms with Gasteiger partial charge in [-0.25, -0.2) is 0 Å². The van der Waals surface area contributed by atoms with Crippen molar-refractivity contribution < 1.29 is 13.0 Å². The molecule has 0 spiro atoms. The molecule has 0 saturated heterocycles. The molecule has 0 bridgehead atoms. The summed E-state index contributed by atoms with van der Waals surface area (Å²) in [7, 11) is -4.06. The van der Waals surface area contributed by atoms with Crippen LogP contribution >= 0.6 is 22.6 Å². The van der Waals surface area contributed by atoms with Crippen LogP contribution in [-0.2, 0) is 16.5 Å². The van der Waals surface area contributed by atoms with Gasteiger partial charge in [-0.2, -0.15) is 8.42 Å².